The number of halogens is 1. The van der Waals surface area contributed by atoms with Crippen LogP contribution in [-0.4, -0.2) is 12.2 Å². The van der Waals surface area contributed by atoms with Gasteiger partial charge in [0, 0.05) is 6.07 Å². The van der Waals surface area contributed by atoms with Gasteiger partial charge in [0.2, 0.25) is 0 Å². The van der Waals surface area contributed by atoms with Gasteiger partial charge in [0.05, 0.1) is 24.3 Å². The molecule has 1 N–H and O–H groups in total. The van der Waals surface area contributed by atoms with E-state index in [4.69, 9.17) is 14.7 Å². The summed E-state index contributed by atoms with van der Waals surface area (Å²) in [6.07, 6.45) is -0.806. The Labute approximate surface area is 122 Å². The zero-order valence-electron chi connectivity index (χ0n) is 11.6. The molecule has 0 aromatic heterocycles. The molecular weight excluding hydrogens is 273 g/mol. The maximum atomic E-state index is 13.6. The first-order valence-corrected chi connectivity index (χ1v) is 6.29. The van der Waals surface area contributed by atoms with Crippen molar-refractivity contribution in [1.29, 1.82) is 5.26 Å². The maximum absolute atomic E-state index is 13.6. The van der Waals surface area contributed by atoms with Crippen LogP contribution in [-0.2, 0) is 0 Å². The Hall–Kier alpha value is -2.58. The number of benzene rings is 2. The van der Waals surface area contributed by atoms with E-state index in [0.29, 0.717) is 17.1 Å². The Morgan fingerprint density at radius 3 is 2.52 bits per heavy atom. The maximum Gasteiger partial charge on any atom is 0.144 e. The smallest absolute Gasteiger partial charge is 0.144 e. The number of hydrogen-bond donors (Lipinski definition) is 1. The predicted octanol–water partition coefficient (Wildman–Crippen LogP) is 3.55. The van der Waals surface area contributed by atoms with Crippen molar-refractivity contribution in [3.63, 3.8) is 0 Å². The van der Waals surface area contributed by atoms with Gasteiger partial charge in [-0.05, 0) is 31.2 Å². The first-order valence-electron chi connectivity index (χ1n) is 6.29. The highest BCUT2D eigenvalue weighted by Crippen LogP contribution is 2.36. The third-order valence-corrected chi connectivity index (χ3v) is 2.95. The lowest BCUT2D eigenvalue weighted by Crippen LogP contribution is -2.00. The van der Waals surface area contributed by atoms with E-state index in [1.54, 1.807) is 31.2 Å². The molecule has 0 bridgehead atoms. The van der Waals surface area contributed by atoms with Crippen molar-refractivity contribution in [2.75, 3.05) is 7.11 Å². The zero-order chi connectivity index (χ0) is 15.4. The van der Waals surface area contributed by atoms with Crippen LogP contribution in [0.3, 0.4) is 0 Å². The molecule has 0 aliphatic carbocycles. The molecule has 108 valence electrons. The highest BCUT2D eigenvalue weighted by molar-refractivity contribution is 5.48. The van der Waals surface area contributed by atoms with Gasteiger partial charge in [-0.2, -0.15) is 5.26 Å². The van der Waals surface area contributed by atoms with E-state index in [0.717, 1.165) is 6.07 Å². The molecule has 1 atom stereocenters. The van der Waals surface area contributed by atoms with E-state index >= 15 is 0 Å². The van der Waals surface area contributed by atoms with Crippen LogP contribution < -0.4 is 9.47 Å². The number of nitrogens with zero attached hydrogens (tertiary/aromatic N) is 1. The second kappa shape index (κ2) is 6.25. The molecule has 0 spiro atoms. The average Bonchev–Trinajstić information content (AvgIpc) is 2.46. The summed E-state index contributed by atoms with van der Waals surface area (Å²) in [5, 5.41) is 18.6. The fourth-order valence-corrected chi connectivity index (χ4v) is 1.98. The Balaban J connectivity index is 2.40. The number of aliphatic hydroxyl groups excluding tert-OH is 1. The van der Waals surface area contributed by atoms with Gasteiger partial charge in [-0.25, -0.2) is 4.39 Å². The fraction of sp³-hybridized carbons (Fsp3) is 0.188. The number of rotatable bonds is 4. The van der Waals surface area contributed by atoms with Crippen LogP contribution in [0.2, 0.25) is 0 Å². The molecule has 2 aromatic rings. The van der Waals surface area contributed by atoms with Crippen LogP contribution in [0.4, 0.5) is 4.39 Å². The van der Waals surface area contributed by atoms with Crippen molar-refractivity contribution in [2.45, 2.75) is 13.0 Å². The van der Waals surface area contributed by atoms with Crippen LogP contribution in [0.15, 0.2) is 36.4 Å². The van der Waals surface area contributed by atoms with Crippen molar-refractivity contribution in [3.8, 4) is 23.3 Å². The number of nitriles is 1. The molecule has 5 heteroatoms. The number of ether oxygens (including phenoxy) is 2. The summed E-state index contributed by atoms with van der Waals surface area (Å²) in [5.41, 5.74) is 0.425. The summed E-state index contributed by atoms with van der Waals surface area (Å²) in [6.45, 7) is 1.59. The summed E-state index contributed by atoms with van der Waals surface area (Å²) in [5.74, 6) is 0.434. The van der Waals surface area contributed by atoms with Crippen LogP contribution in [0.5, 0.6) is 17.2 Å². The fourth-order valence-electron chi connectivity index (χ4n) is 1.98. The van der Waals surface area contributed by atoms with Gasteiger partial charge in [0.25, 0.3) is 0 Å². The van der Waals surface area contributed by atoms with E-state index < -0.39 is 11.9 Å². The Morgan fingerprint density at radius 1 is 1.24 bits per heavy atom. The molecule has 0 unspecified atom stereocenters. The van der Waals surface area contributed by atoms with Gasteiger partial charge >= 0.3 is 0 Å². The number of hydrogen-bond acceptors (Lipinski definition) is 4. The van der Waals surface area contributed by atoms with Crippen molar-refractivity contribution < 1.29 is 19.0 Å². The van der Waals surface area contributed by atoms with Gasteiger partial charge in [-0.1, -0.05) is 6.07 Å². The van der Waals surface area contributed by atoms with Gasteiger partial charge in [0.1, 0.15) is 29.1 Å². The Morgan fingerprint density at radius 2 is 1.95 bits per heavy atom. The Bertz CT molecular complexity index is 692. The van der Waals surface area contributed by atoms with E-state index in [1.807, 2.05) is 0 Å². The molecule has 0 fully saturated rings. The standard InChI is InChI=1S/C16H14FNO3/c1-10(19)16-14(20-2)4-3-5-15(16)21-12-7-6-11(9-18)13(17)8-12/h3-8,10,19H,1-2H3/t10-/m1/s1. The van der Waals surface area contributed by atoms with Crippen LogP contribution in [0.1, 0.15) is 24.2 Å². The van der Waals surface area contributed by atoms with Crippen molar-refractivity contribution in [1.82, 2.24) is 0 Å². The summed E-state index contributed by atoms with van der Waals surface area (Å²) in [4.78, 5) is 0. The molecule has 0 aliphatic heterocycles. The zero-order valence-corrected chi connectivity index (χ0v) is 11.6. The molecule has 0 saturated carbocycles. The molecule has 0 amide bonds. The molecule has 0 heterocycles. The van der Waals surface area contributed by atoms with E-state index in [2.05, 4.69) is 0 Å². The van der Waals surface area contributed by atoms with E-state index in [9.17, 15) is 9.50 Å². The van der Waals surface area contributed by atoms with Crippen LogP contribution >= 0.6 is 0 Å². The normalized spacial score (nSPS) is 11.6. The number of aliphatic hydroxyl groups is 1. The molecule has 2 aromatic carbocycles. The summed E-state index contributed by atoms with van der Waals surface area (Å²) in [6, 6.07) is 10.8. The van der Waals surface area contributed by atoms with Gasteiger partial charge in [0.15, 0.2) is 0 Å². The van der Waals surface area contributed by atoms with E-state index in [-0.39, 0.29) is 11.3 Å². The molecule has 2 rings (SSSR count). The minimum atomic E-state index is -0.806. The van der Waals surface area contributed by atoms with Gasteiger partial charge < -0.3 is 14.6 Å². The third kappa shape index (κ3) is 3.12. The monoisotopic (exact) mass is 287 g/mol. The lowest BCUT2D eigenvalue weighted by molar-refractivity contribution is 0.190. The highest BCUT2D eigenvalue weighted by atomic mass is 19.1. The Kier molecular flexibility index (Phi) is 4.41. The summed E-state index contributed by atoms with van der Waals surface area (Å²) >= 11 is 0. The molecule has 4 nitrogen and oxygen atoms in total. The molecule has 21 heavy (non-hydrogen) atoms. The number of methoxy groups -OCH3 is 1. The topological polar surface area (TPSA) is 62.5 Å². The van der Waals surface area contributed by atoms with Gasteiger partial charge in [-0.15, -0.1) is 0 Å². The van der Waals surface area contributed by atoms with Crippen LogP contribution in [0.25, 0.3) is 0 Å². The molecular formula is C16H14FNO3. The summed E-state index contributed by atoms with van der Waals surface area (Å²) < 4.78 is 24.4. The first-order chi connectivity index (χ1) is 10.1. The summed E-state index contributed by atoms with van der Waals surface area (Å²) in [7, 11) is 1.49. The van der Waals surface area contributed by atoms with Crippen LogP contribution in [0, 0.1) is 17.1 Å². The van der Waals surface area contributed by atoms with Crippen molar-refractivity contribution in [2.24, 2.45) is 0 Å². The predicted molar refractivity (Wildman–Crippen MR) is 74.8 cm³/mol. The molecule has 0 radical (unpaired) electrons. The molecule has 0 aliphatic rings. The lowest BCUT2D eigenvalue weighted by Gasteiger charge is -2.16. The van der Waals surface area contributed by atoms with Gasteiger partial charge in [-0.3, -0.25) is 0 Å². The average molecular weight is 287 g/mol. The minimum Gasteiger partial charge on any atom is -0.496 e. The van der Waals surface area contributed by atoms with E-state index in [1.165, 1.54) is 19.2 Å². The largest absolute Gasteiger partial charge is 0.496 e. The first kappa shape index (κ1) is 14.8. The lowest BCUT2D eigenvalue weighted by atomic mass is 10.1. The third-order valence-electron chi connectivity index (χ3n) is 2.95. The molecule has 0 saturated heterocycles. The van der Waals surface area contributed by atoms with Crippen molar-refractivity contribution in [3.05, 3.63) is 53.3 Å². The minimum absolute atomic E-state index is 0.0521. The van der Waals surface area contributed by atoms with Crippen molar-refractivity contribution >= 4 is 0 Å². The highest BCUT2D eigenvalue weighted by Gasteiger charge is 2.16. The second-order valence-electron chi connectivity index (χ2n) is 4.40. The second-order valence-corrected chi connectivity index (χ2v) is 4.40. The quantitative estimate of drug-likeness (QED) is 0.934. The SMILES string of the molecule is COc1cccc(Oc2ccc(C#N)c(F)c2)c1[C@@H](C)O.